The number of ether oxygens (including phenoxy) is 1. The molecule has 1 aliphatic heterocycles. The minimum Gasteiger partial charge on any atom is -0.491 e. The number of aliphatic hydroxyl groups is 1. The molecule has 25 heavy (non-hydrogen) atoms. The van der Waals surface area contributed by atoms with Crippen LogP contribution in [0.2, 0.25) is 0 Å². The number of piperidine rings is 1. The molecule has 1 aromatic heterocycles. The van der Waals surface area contributed by atoms with Gasteiger partial charge in [-0.15, -0.1) is 0 Å². The fourth-order valence-electron chi connectivity index (χ4n) is 3.27. The molecule has 0 unspecified atom stereocenters. The molecule has 1 aromatic carbocycles. The predicted octanol–water partition coefficient (Wildman–Crippen LogP) is 2.05. The lowest BCUT2D eigenvalue weighted by Crippen LogP contribution is -2.46. The van der Waals surface area contributed by atoms with Gasteiger partial charge in [-0.3, -0.25) is 9.58 Å². The number of nitriles is 1. The van der Waals surface area contributed by atoms with Crippen LogP contribution in [-0.2, 0) is 6.54 Å². The van der Waals surface area contributed by atoms with E-state index in [1.54, 1.807) is 30.5 Å². The first kappa shape index (κ1) is 17.5. The maximum Gasteiger partial charge on any atom is 0.119 e. The average molecular weight is 340 g/mol. The molecule has 1 fully saturated rings. The quantitative estimate of drug-likeness (QED) is 0.835. The van der Waals surface area contributed by atoms with Crippen LogP contribution in [0.15, 0.2) is 42.7 Å². The van der Waals surface area contributed by atoms with E-state index in [1.165, 1.54) is 12.8 Å². The van der Waals surface area contributed by atoms with Gasteiger partial charge in [-0.25, -0.2) is 0 Å². The molecule has 0 saturated carbocycles. The van der Waals surface area contributed by atoms with Gasteiger partial charge < -0.3 is 9.84 Å². The van der Waals surface area contributed by atoms with Crippen LogP contribution in [0.5, 0.6) is 5.75 Å². The van der Waals surface area contributed by atoms with E-state index in [-0.39, 0.29) is 6.61 Å². The lowest BCUT2D eigenvalue weighted by molar-refractivity contribution is 0.0345. The Morgan fingerprint density at radius 2 is 2.16 bits per heavy atom. The van der Waals surface area contributed by atoms with Crippen molar-refractivity contribution in [3.05, 3.63) is 48.3 Å². The minimum atomic E-state index is -0.547. The molecule has 1 saturated heterocycles. The summed E-state index contributed by atoms with van der Waals surface area (Å²) in [7, 11) is 0. The van der Waals surface area contributed by atoms with E-state index >= 15 is 0 Å². The van der Waals surface area contributed by atoms with Gasteiger partial charge in [0.2, 0.25) is 0 Å². The maximum absolute atomic E-state index is 10.4. The molecule has 2 atom stereocenters. The van der Waals surface area contributed by atoms with Gasteiger partial charge in [0.05, 0.1) is 18.2 Å². The van der Waals surface area contributed by atoms with Gasteiger partial charge in [-0.05, 0) is 49.7 Å². The van der Waals surface area contributed by atoms with Crippen LogP contribution in [0.3, 0.4) is 0 Å². The van der Waals surface area contributed by atoms with Crippen LogP contribution >= 0.6 is 0 Å². The van der Waals surface area contributed by atoms with E-state index in [0.717, 1.165) is 19.5 Å². The zero-order valence-electron chi connectivity index (χ0n) is 14.3. The second kappa shape index (κ2) is 8.65. The van der Waals surface area contributed by atoms with Crippen LogP contribution in [0, 0.1) is 11.3 Å². The largest absolute Gasteiger partial charge is 0.491 e. The van der Waals surface area contributed by atoms with Crippen molar-refractivity contribution in [3.63, 3.8) is 0 Å². The molecule has 0 bridgehead atoms. The van der Waals surface area contributed by atoms with E-state index in [1.807, 2.05) is 16.9 Å². The number of hydrogen-bond donors (Lipinski definition) is 1. The summed E-state index contributed by atoms with van der Waals surface area (Å²) in [5, 5.41) is 23.5. The molecule has 3 rings (SSSR count). The molecule has 0 aliphatic carbocycles. The van der Waals surface area contributed by atoms with Crippen molar-refractivity contribution in [3.8, 4) is 11.8 Å². The van der Waals surface area contributed by atoms with Crippen molar-refractivity contribution in [2.24, 2.45) is 0 Å². The van der Waals surface area contributed by atoms with Gasteiger partial charge >= 0.3 is 0 Å². The number of benzene rings is 1. The maximum atomic E-state index is 10.4. The number of rotatable bonds is 7. The third kappa shape index (κ3) is 5.05. The van der Waals surface area contributed by atoms with E-state index in [4.69, 9.17) is 10.00 Å². The van der Waals surface area contributed by atoms with Gasteiger partial charge in [-0.1, -0.05) is 6.42 Å². The van der Waals surface area contributed by atoms with Crippen molar-refractivity contribution in [1.82, 2.24) is 14.7 Å². The van der Waals surface area contributed by atoms with Crippen LogP contribution in [0.4, 0.5) is 0 Å². The van der Waals surface area contributed by atoms with Gasteiger partial charge in [0.15, 0.2) is 0 Å². The standard InChI is InChI=1S/C19H24N4O2/c20-12-16-5-7-19(8-6-16)25-15-18(24)14-22-10-2-1-4-17(22)13-23-11-3-9-21-23/h3,5-9,11,17-18,24H,1-2,4,10,13-15H2/t17-,18-/m1/s1. The number of hydrogen-bond acceptors (Lipinski definition) is 5. The lowest BCUT2D eigenvalue weighted by Gasteiger charge is -2.36. The Morgan fingerprint density at radius 3 is 2.88 bits per heavy atom. The molecular formula is C19H24N4O2. The number of aromatic nitrogens is 2. The summed E-state index contributed by atoms with van der Waals surface area (Å²) in [6, 6.07) is 11.4. The van der Waals surface area contributed by atoms with Gasteiger partial charge in [0, 0.05) is 25.0 Å². The molecular weight excluding hydrogens is 316 g/mol. The average Bonchev–Trinajstić information content (AvgIpc) is 3.15. The first-order valence-corrected chi connectivity index (χ1v) is 8.77. The minimum absolute atomic E-state index is 0.247. The molecule has 6 nitrogen and oxygen atoms in total. The summed E-state index contributed by atoms with van der Waals surface area (Å²) in [6.45, 7) is 2.70. The Morgan fingerprint density at radius 1 is 1.32 bits per heavy atom. The Labute approximate surface area is 148 Å². The highest BCUT2D eigenvalue weighted by Crippen LogP contribution is 2.19. The molecule has 132 valence electrons. The first-order chi connectivity index (χ1) is 12.2. The summed E-state index contributed by atoms with van der Waals surface area (Å²) < 4.78 is 7.61. The zero-order valence-corrected chi connectivity index (χ0v) is 14.3. The summed E-state index contributed by atoms with van der Waals surface area (Å²) in [5.41, 5.74) is 0.600. The van der Waals surface area contributed by atoms with E-state index in [9.17, 15) is 5.11 Å². The van der Waals surface area contributed by atoms with Gasteiger partial charge in [0.25, 0.3) is 0 Å². The molecule has 6 heteroatoms. The Bertz CT molecular complexity index is 678. The van der Waals surface area contributed by atoms with Crippen LogP contribution < -0.4 is 4.74 Å². The summed E-state index contributed by atoms with van der Waals surface area (Å²) in [6.07, 6.45) is 6.75. The SMILES string of the molecule is N#Cc1ccc(OC[C@H](O)CN2CCCC[C@@H]2Cn2cccn2)cc1. The number of β-amino-alcohol motifs (C(OH)–C–C–N with tert-alkyl or cyclic N) is 1. The van der Waals surface area contributed by atoms with Crippen LogP contribution in [0.1, 0.15) is 24.8 Å². The predicted molar refractivity (Wildman–Crippen MR) is 94.1 cm³/mol. The molecule has 0 radical (unpaired) electrons. The topological polar surface area (TPSA) is 74.3 Å². The van der Waals surface area contributed by atoms with Crippen molar-refractivity contribution >= 4 is 0 Å². The summed E-state index contributed by atoms with van der Waals surface area (Å²) in [5.74, 6) is 0.671. The summed E-state index contributed by atoms with van der Waals surface area (Å²) >= 11 is 0. The number of likely N-dealkylation sites (tertiary alicyclic amines) is 1. The lowest BCUT2D eigenvalue weighted by atomic mass is 10.0. The van der Waals surface area contributed by atoms with Crippen LogP contribution in [-0.4, -0.2) is 51.6 Å². The molecule has 0 spiro atoms. The fraction of sp³-hybridized carbons (Fsp3) is 0.474. The van der Waals surface area contributed by atoms with Crippen molar-refractivity contribution in [1.29, 1.82) is 5.26 Å². The highest BCUT2D eigenvalue weighted by molar-refractivity contribution is 5.34. The number of nitrogens with zero attached hydrogens (tertiary/aromatic N) is 4. The molecule has 2 aromatic rings. The normalized spacial score (nSPS) is 19.3. The van der Waals surface area contributed by atoms with E-state index < -0.39 is 6.10 Å². The molecule has 1 N–H and O–H groups in total. The molecule has 2 heterocycles. The molecule has 0 amide bonds. The summed E-state index contributed by atoms with van der Waals surface area (Å²) in [4.78, 5) is 2.35. The number of aliphatic hydroxyl groups excluding tert-OH is 1. The van der Waals surface area contributed by atoms with Crippen molar-refractivity contribution < 1.29 is 9.84 Å². The van der Waals surface area contributed by atoms with Gasteiger partial charge in [-0.2, -0.15) is 10.4 Å². The molecule has 1 aliphatic rings. The van der Waals surface area contributed by atoms with Crippen LogP contribution in [0.25, 0.3) is 0 Å². The second-order valence-electron chi connectivity index (χ2n) is 6.47. The third-order valence-electron chi connectivity index (χ3n) is 4.58. The highest BCUT2D eigenvalue weighted by atomic mass is 16.5. The fourth-order valence-corrected chi connectivity index (χ4v) is 3.27. The zero-order chi connectivity index (χ0) is 17.5. The smallest absolute Gasteiger partial charge is 0.119 e. The second-order valence-corrected chi connectivity index (χ2v) is 6.47. The first-order valence-electron chi connectivity index (χ1n) is 8.77. The monoisotopic (exact) mass is 340 g/mol. The third-order valence-corrected chi connectivity index (χ3v) is 4.58. The van der Waals surface area contributed by atoms with E-state index in [2.05, 4.69) is 16.1 Å². The highest BCUT2D eigenvalue weighted by Gasteiger charge is 2.25. The van der Waals surface area contributed by atoms with E-state index in [0.29, 0.717) is 23.9 Å². The van der Waals surface area contributed by atoms with Gasteiger partial charge in [0.1, 0.15) is 18.5 Å². The van der Waals surface area contributed by atoms with Crippen molar-refractivity contribution in [2.45, 2.75) is 38.0 Å². The Hall–Kier alpha value is -2.36. The Kier molecular flexibility index (Phi) is 6.04. The van der Waals surface area contributed by atoms with Crippen molar-refractivity contribution in [2.75, 3.05) is 19.7 Å². The Balaban J connectivity index is 1.49.